The maximum absolute atomic E-state index is 13.1. The summed E-state index contributed by atoms with van der Waals surface area (Å²) in [6.07, 6.45) is 0.687. The molecule has 0 aliphatic carbocycles. The van der Waals surface area contributed by atoms with Gasteiger partial charge in [-0.3, -0.25) is 4.79 Å². The van der Waals surface area contributed by atoms with Crippen LogP contribution in [0.4, 0.5) is 5.82 Å². The van der Waals surface area contributed by atoms with Gasteiger partial charge in [0.1, 0.15) is 11.6 Å². The topological polar surface area (TPSA) is 58.6 Å². The number of aryl methyl sites for hydroxylation is 1. The number of aromatic nitrogens is 2. The molecule has 188 valence electrons. The van der Waals surface area contributed by atoms with Gasteiger partial charge in [-0.15, -0.1) is 0 Å². The highest BCUT2D eigenvalue weighted by Crippen LogP contribution is 2.29. The zero-order valence-corrected chi connectivity index (χ0v) is 21.8. The molecule has 5 rings (SSSR count). The average Bonchev–Trinajstić information content (AvgIpc) is 2.94. The van der Waals surface area contributed by atoms with Crippen molar-refractivity contribution in [1.82, 2.24) is 14.9 Å². The van der Waals surface area contributed by atoms with Gasteiger partial charge in [0.15, 0.2) is 5.82 Å². The second-order valence-electron chi connectivity index (χ2n) is 9.09. The molecule has 4 aromatic rings. The van der Waals surface area contributed by atoms with E-state index < -0.39 is 0 Å². The van der Waals surface area contributed by atoms with Gasteiger partial charge >= 0.3 is 0 Å². The van der Waals surface area contributed by atoms with Crippen LogP contribution in [0.2, 0.25) is 5.02 Å². The Morgan fingerprint density at radius 2 is 1.65 bits per heavy atom. The molecule has 0 radical (unpaired) electrons. The van der Waals surface area contributed by atoms with Gasteiger partial charge in [0.05, 0.1) is 17.7 Å². The molecule has 0 bridgehead atoms. The maximum atomic E-state index is 13.1. The van der Waals surface area contributed by atoms with Crippen LogP contribution in [-0.4, -0.2) is 54.1 Å². The summed E-state index contributed by atoms with van der Waals surface area (Å²) in [6, 6.07) is 25.3. The van der Waals surface area contributed by atoms with Gasteiger partial charge in [-0.25, -0.2) is 9.97 Å². The monoisotopic (exact) mass is 512 g/mol. The van der Waals surface area contributed by atoms with Crippen LogP contribution in [0.5, 0.6) is 5.75 Å². The Kier molecular flexibility index (Phi) is 7.37. The summed E-state index contributed by atoms with van der Waals surface area (Å²) in [6.45, 7) is 4.57. The van der Waals surface area contributed by atoms with Crippen molar-refractivity contribution < 1.29 is 9.53 Å². The predicted molar refractivity (Wildman–Crippen MR) is 148 cm³/mol. The zero-order chi connectivity index (χ0) is 25.8. The lowest BCUT2D eigenvalue weighted by Gasteiger charge is -2.36. The number of carbonyl (C=O) groups excluding carboxylic acids is 1. The summed E-state index contributed by atoms with van der Waals surface area (Å²) in [4.78, 5) is 27.2. The molecule has 1 aliphatic heterocycles. The number of rotatable bonds is 6. The Morgan fingerprint density at radius 3 is 2.38 bits per heavy atom. The van der Waals surface area contributed by atoms with E-state index in [0.29, 0.717) is 49.0 Å². The molecule has 1 aliphatic rings. The molecule has 2 heterocycles. The van der Waals surface area contributed by atoms with Gasteiger partial charge in [0.25, 0.3) is 5.91 Å². The second kappa shape index (κ2) is 11.0. The van der Waals surface area contributed by atoms with Gasteiger partial charge in [0.2, 0.25) is 0 Å². The first kappa shape index (κ1) is 24.8. The third-order valence-corrected chi connectivity index (χ3v) is 7.04. The van der Waals surface area contributed by atoms with Crippen LogP contribution in [0, 0.1) is 6.92 Å². The molecular weight excluding hydrogens is 484 g/mol. The lowest BCUT2D eigenvalue weighted by Crippen LogP contribution is -2.49. The van der Waals surface area contributed by atoms with Crippen molar-refractivity contribution in [1.29, 1.82) is 0 Å². The van der Waals surface area contributed by atoms with Gasteiger partial charge < -0.3 is 14.5 Å². The number of carbonyl (C=O) groups is 1. The minimum Gasteiger partial charge on any atom is -0.497 e. The quantitative estimate of drug-likeness (QED) is 0.333. The molecular formula is C30H29ClN4O2. The number of ether oxygens (including phenoxy) is 1. The Morgan fingerprint density at radius 1 is 0.919 bits per heavy atom. The number of piperazine rings is 1. The van der Waals surface area contributed by atoms with E-state index in [4.69, 9.17) is 26.3 Å². The van der Waals surface area contributed by atoms with Gasteiger partial charge in [-0.2, -0.15) is 0 Å². The fourth-order valence-corrected chi connectivity index (χ4v) is 4.90. The van der Waals surface area contributed by atoms with Crippen molar-refractivity contribution in [3.8, 4) is 17.1 Å². The van der Waals surface area contributed by atoms with E-state index in [1.807, 2.05) is 66.4 Å². The number of benzene rings is 3. The molecule has 0 saturated carbocycles. The number of nitrogens with zero attached hydrogens (tertiary/aromatic N) is 4. The Labute approximate surface area is 222 Å². The molecule has 1 amide bonds. The van der Waals surface area contributed by atoms with Crippen LogP contribution in [0.25, 0.3) is 11.4 Å². The van der Waals surface area contributed by atoms with Gasteiger partial charge in [-0.1, -0.05) is 66.2 Å². The van der Waals surface area contributed by atoms with Crippen molar-refractivity contribution in [3.05, 3.63) is 106 Å². The van der Waals surface area contributed by atoms with Crippen molar-refractivity contribution in [2.45, 2.75) is 13.3 Å². The number of amides is 1. The summed E-state index contributed by atoms with van der Waals surface area (Å²) >= 11 is 6.29. The second-order valence-corrected chi connectivity index (χ2v) is 9.50. The highest BCUT2D eigenvalue weighted by Gasteiger charge is 2.26. The summed E-state index contributed by atoms with van der Waals surface area (Å²) in [7, 11) is 1.68. The van der Waals surface area contributed by atoms with Crippen LogP contribution in [0.1, 0.15) is 27.2 Å². The Hall–Kier alpha value is -3.90. The number of anilines is 1. The van der Waals surface area contributed by atoms with Crippen LogP contribution >= 0.6 is 11.6 Å². The van der Waals surface area contributed by atoms with E-state index in [2.05, 4.69) is 17.0 Å². The lowest BCUT2D eigenvalue weighted by atomic mass is 10.0. The molecule has 0 atom stereocenters. The fourth-order valence-electron chi connectivity index (χ4n) is 4.68. The first-order chi connectivity index (χ1) is 18.0. The van der Waals surface area contributed by atoms with Gasteiger partial charge in [0, 0.05) is 49.4 Å². The van der Waals surface area contributed by atoms with E-state index >= 15 is 0 Å². The van der Waals surface area contributed by atoms with Crippen molar-refractivity contribution >= 4 is 23.3 Å². The third-order valence-electron chi connectivity index (χ3n) is 6.71. The molecule has 0 unspecified atom stereocenters. The smallest absolute Gasteiger partial charge is 0.255 e. The van der Waals surface area contributed by atoms with Crippen molar-refractivity contribution in [2.24, 2.45) is 0 Å². The van der Waals surface area contributed by atoms with E-state index in [-0.39, 0.29) is 5.91 Å². The van der Waals surface area contributed by atoms with Crippen LogP contribution < -0.4 is 9.64 Å². The average molecular weight is 513 g/mol. The first-order valence-electron chi connectivity index (χ1n) is 12.4. The fraction of sp³-hybridized carbons (Fsp3) is 0.233. The van der Waals surface area contributed by atoms with E-state index in [9.17, 15) is 4.79 Å². The largest absolute Gasteiger partial charge is 0.497 e. The number of hydrogen-bond donors (Lipinski definition) is 0. The van der Waals surface area contributed by atoms with Crippen molar-refractivity contribution in [2.75, 3.05) is 38.2 Å². The summed E-state index contributed by atoms with van der Waals surface area (Å²) in [5, 5.41) is 0.481. The molecule has 0 N–H and O–H groups in total. The third kappa shape index (κ3) is 5.44. The molecule has 37 heavy (non-hydrogen) atoms. The van der Waals surface area contributed by atoms with Crippen molar-refractivity contribution in [3.63, 3.8) is 0 Å². The lowest BCUT2D eigenvalue weighted by molar-refractivity contribution is 0.0746. The Balaban J connectivity index is 1.45. The highest BCUT2D eigenvalue weighted by atomic mass is 35.5. The normalized spacial score (nSPS) is 13.5. The molecule has 1 fully saturated rings. The molecule has 0 spiro atoms. The molecule has 6 nitrogen and oxygen atoms in total. The summed E-state index contributed by atoms with van der Waals surface area (Å²) in [5.74, 6) is 2.41. The summed E-state index contributed by atoms with van der Waals surface area (Å²) < 4.78 is 5.44. The van der Waals surface area contributed by atoms with Crippen LogP contribution in [0.15, 0.2) is 78.9 Å². The molecule has 7 heteroatoms. The van der Waals surface area contributed by atoms with E-state index in [0.717, 1.165) is 34.0 Å². The van der Waals surface area contributed by atoms with Gasteiger partial charge in [-0.05, 0) is 36.8 Å². The predicted octanol–water partition coefficient (Wildman–Crippen LogP) is 5.67. The SMILES string of the molecule is COc1cccc(Cc2c(C)nc(-c3ccccc3)nc2N2CCN(C(=O)c3ccccc3Cl)CC2)c1. The zero-order valence-electron chi connectivity index (χ0n) is 21.0. The number of halogens is 1. The molecule has 3 aromatic carbocycles. The minimum atomic E-state index is -0.0364. The molecule has 1 aromatic heterocycles. The van der Waals surface area contributed by atoms with E-state index in [1.165, 1.54) is 0 Å². The highest BCUT2D eigenvalue weighted by molar-refractivity contribution is 6.33. The maximum Gasteiger partial charge on any atom is 0.255 e. The number of hydrogen-bond acceptors (Lipinski definition) is 5. The van der Waals surface area contributed by atoms with E-state index in [1.54, 1.807) is 19.2 Å². The summed E-state index contributed by atoms with van der Waals surface area (Å²) in [5.41, 5.74) is 4.68. The standard InChI is InChI=1S/C30H29ClN4O2/c1-21-26(20-22-9-8-12-24(19-22)37-2)29(33-28(32-21)23-10-4-3-5-11-23)34-15-17-35(18-16-34)30(36)25-13-6-7-14-27(25)31/h3-14,19H,15-18,20H2,1-2H3. The first-order valence-corrected chi connectivity index (χ1v) is 12.8. The van der Waals surface area contributed by atoms with Crippen LogP contribution in [0.3, 0.4) is 0 Å². The number of methoxy groups -OCH3 is 1. The van der Waals surface area contributed by atoms with Crippen LogP contribution in [-0.2, 0) is 6.42 Å². The Bertz CT molecular complexity index is 1400. The molecule has 1 saturated heterocycles. The minimum absolute atomic E-state index is 0.0364.